The van der Waals surface area contributed by atoms with Crippen LogP contribution in [0.15, 0.2) is 54.6 Å². The zero-order valence-corrected chi connectivity index (χ0v) is 16.1. The van der Waals surface area contributed by atoms with Crippen molar-refractivity contribution in [3.05, 3.63) is 71.3 Å². The van der Waals surface area contributed by atoms with Gasteiger partial charge in [-0.2, -0.15) is 0 Å². The van der Waals surface area contributed by atoms with E-state index in [0.717, 1.165) is 16.7 Å². The maximum atomic E-state index is 12.9. The van der Waals surface area contributed by atoms with Crippen LogP contribution in [-0.4, -0.2) is 28.5 Å². The topological polar surface area (TPSA) is 58.6 Å². The van der Waals surface area contributed by atoms with Gasteiger partial charge in [-0.25, -0.2) is 4.79 Å². The summed E-state index contributed by atoms with van der Waals surface area (Å²) in [5.74, 6) is -0.159. The van der Waals surface area contributed by atoms with Crippen LogP contribution in [0.5, 0.6) is 0 Å². The molecule has 0 saturated carbocycles. The fraction of sp³-hybridized carbons (Fsp3) is 0.364. The summed E-state index contributed by atoms with van der Waals surface area (Å²) in [4.78, 5) is 27.2. The predicted molar refractivity (Wildman–Crippen MR) is 104 cm³/mol. The lowest BCUT2D eigenvalue weighted by atomic mass is 9.93. The van der Waals surface area contributed by atoms with Crippen molar-refractivity contribution < 1.29 is 14.3 Å². The third kappa shape index (κ3) is 4.88. The van der Waals surface area contributed by atoms with Crippen molar-refractivity contribution >= 4 is 12.0 Å². The molecule has 0 saturated heterocycles. The minimum absolute atomic E-state index is 0.159. The summed E-state index contributed by atoms with van der Waals surface area (Å²) < 4.78 is 5.50. The van der Waals surface area contributed by atoms with E-state index in [-0.39, 0.29) is 18.1 Å². The first kappa shape index (κ1) is 19.0. The molecule has 2 amide bonds. The molecule has 142 valence electrons. The predicted octanol–water partition coefficient (Wildman–Crippen LogP) is 3.66. The van der Waals surface area contributed by atoms with Gasteiger partial charge >= 0.3 is 6.09 Å². The summed E-state index contributed by atoms with van der Waals surface area (Å²) in [7, 11) is 0. The quantitative estimate of drug-likeness (QED) is 0.902. The van der Waals surface area contributed by atoms with Crippen LogP contribution in [0.4, 0.5) is 4.79 Å². The van der Waals surface area contributed by atoms with Gasteiger partial charge in [0, 0.05) is 12.0 Å². The molecule has 0 aromatic heterocycles. The Labute approximate surface area is 160 Å². The highest BCUT2D eigenvalue weighted by molar-refractivity contribution is 5.87. The van der Waals surface area contributed by atoms with Gasteiger partial charge in [-0.15, -0.1) is 0 Å². The second kappa shape index (κ2) is 7.82. The Morgan fingerprint density at radius 1 is 1.04 bits per heavy atom. The first-order valence-corrected chi connectivity index (χ1v) is 9.19. The molecule has 5 nitrogen and oxygen atoms in total. The number of amides is 2. The summed E-state index contributed by atoms with van der Waals surface area (Å²) in [6.07, 6.45) is 0.0147. The lowest BCUT2D eigenvalue weighted by Gasteiger charge is -2.36. The number of carbonyl (C=O) groups excluding carboxylic acids is 2. The molecule has 1 aliphatic heterocycles. The SMILES string of the molecule is CC(C)(C)NC(=O)C1Cc2ccccc2CN1C(=O)OCc1ccccc1. The van der Waals surface area contributed by atoms with E-state index >= 15 is 0 Å². The maximum Gasteiger partial charge on any atom is 0.411 e. The average molecular weight is 366 g/mol. The van der Waals surface area contributed by atoms with E-state index in [4.69, 9.17) is 4.74 Å². The highest BCUT2D eigenvalue weighted by Gasteiger charge is 2.36. The molecule has 1 N–H and O–H groups in total. The van der Waals surface area contributed by atoms with E-state index in [1.807, 2.05) is 75.4 Å². The van der Waals surface area contributed by atoms with Gasteiger partial charge in [0.1, 0.15) is 12.6 Å². The molecule has 5 heteroatoms. The number of nitrogens with one attached hydrogen (secondary N) is 1. The van der Waals surface area contributed by atoms with E-state index < -0.39 is 12.1 Å². The van der Waals surface area contributed by atoms with Gasteiger partial charge in [-0.05, 0) is 37.5 Å². The van der Waals surface area contributed by atoms with E-state index in [9.17, 15) is 9.59 Å². The normalized spacial score (nSPS) is 16.4. The molecule has 0 radical (unpaired) electrons. The number of benzene rings is 2. The molecule has 0 spiro atoms. The van der Waals surface area contributed by atoms with Crippen molar-refractivity contribution in [1.82, 2.24) is 10.2 Å². The molecule has 2 aromatic carbocycles. The lowest BCUT2D eigenvalue weighted by molar-refractivity contribution is -0.128. The number of fused-ring (bicyclic) bond motifs is 1. The lowest BCUT2D eigenvalue weighted by Crippen LogP contribution is -2.56. The number of ether oxygens (including phenoxy) is 1. The highest BCUT2D eigenvalue weighted by Crippen LogP contribution is 2.25. The van der Waals surface area contributed by atoms with Gasteiger partial charge in [-0.1, -0.05) is 54.6 Å². The molecule has 0 fully saturated rings. The van der Waals surface area contributed by atoms with E-state index in [1.165, 1.54) is 4.90 Å². The van der Waals surface area contributed by atoms with Gasteiger partial charge in [0.25, 0.3) is 0 Å². The van der Waals surface area contributed by atoms with E-state index in [1.54, 1.807) is 0 Å². The minimum Gasteiger partial charge on any atom is -0.445 e. The third-order valence-corrected chi connectivity index (χ3v) is 4.49. The number of rotatable bonds is 3. The van der Waals surface area contributed by atoms with Crippen molar-refractivity contribution in [1.29, 1.82) is 0 Å². The van der Waals surface area contributed by atoms with Gasteiger partial charge in [-0.3, -0.25) is 9.69 Å². The zero-order chi connectivity index (χ0) is 19.4. The molecule has 1 unspecified atom stereocenters. The summed E-state index contributed by atoms with van der Waals surface area (Å²) in [5, 5.41) is 2.99. The molecule has 2 aromatic rings. The number of hydrogen-bond acceptors (Lipinski definition) is 3. The summed E-state index contributed by atoms with van der Waals surface area (Å²) in [6, 6.07) is 16.9. The molecule has 0 aliphatic carbocycles. The van der Waals surface area contributed by atoms with Crippen LogP contribution in [0.3, 0.4) is 0 Å². The number of carbonyl (C=O) groups is 2. The second-order valence-electron chi connectivity index (χ2n) is 7.90. The van der Waals surface area contributed by atoms with Crippen LogP contribution in [0.25, 0.3) is 0 Å². The number of hydrogen-bond donors (Lipinski definition) is 1. The summed E-state index contributed by atoms with van der Waals surface area (Å²) >= 11 is 0. The van der Waals surface area contributed by atoms with Crippen LogP contribution in [0.2, 0.25) is 0 Å². The van der Waals surface area contributed by atoms with Crippen molar-refractivity contribution in [2.45, 2.75) is 51.9 Å². The average Bonchev–Trinajstić information content (AvgIpc) is 2.64. The molecule has 3 rings (SSSR count). The van der Waals surface area contributed by atoms with Crippen LogP contribution in [0, 0.1) is 0 Å². The van der Waals surface area contributed by atoms with Crippen LogP contribution >= 0.6 is 0 Å². The standard InChI is InChI=1S/C22H26N2O3/c1-22(2,3)23-20(25)19-13-17-11-7-8-12-18(17)14-24(19)21(26)27-15-16-9-5-4-6-10-16/h4-12,19H,13-15H2,1-3H3,(H,23,25). The summed E-state index contributed by atoms with van der Waals surface area (Å²) in [5.41, 5.74) is 2.69. The molecule has 1 atom stereocenters. The Bertz CT molecular complexity index is 812. The molecule has 1 aliphatic rings. The zero-order valence-electron chi connectivity index (χ0n) is 16.1. The van der Waals surface area contributed by atoms with Crippen molar-refractivity contribution in [3.8, 4) is 0 Å². The Balaban J connectivity index is 1.78. The largest absolute Gasteiger partial charge is 0.445 e. The van der Waals surface area contributed by atoms with Crippen molar-refractivity contribution in [2.24, 2.45) is 0 Å². The van der Waals surface area contributed by atoms with Gasteiger partial charge in [0.2, 0.25) is 5.91 Å². The van der Waals surface area contributed by atoms with Gasteiger partial charge < -0.3 is 10.1 Å². The van der Waals surface area contributed by atoms with Crippen LogP contribution in [0.1, 0.15) is 37.5 Å². The maximum absolute atomic E-state index is 12.9. The second-order valence-corrected chi connectivity index (χ2v) is 7.90. The fourth-order valence-corrected chi connectivity index (χ4v) is 3.20. The minimum atomic E-state index is -0.581. The van der Waals surface area contributed by atoms with Gasteiger partial charge in [0.15, 0.2) is 0 Å². The van der Waals surface area contributed by atoms with Crippen molar-refractivity contribution in [3.63, 3.8) is 0 Å². The number of nitrogens with zero attached hydrogens (tertiary/aromatic N) is 1. The molecule has 1 heterocycles. The molecule has 0 bridgehead atoms. The molecule has 27 heavy (non-hydrogen) atoms. The Morgan fingerprint density at radius 3 is 2.33 bits per heavy atom. The summed E-state index contributed by atoms with van der Waals surface area (Å²) in [6.45, 7) is 6.34. The smallest absolute Gasteiger partial charge is 0.411 e. The van der Waals surface area contributed by atoms with E-state index in [2.05, 4.69) is 5.32 Å². The van der Waals surface area contributed by atoms with Crippen molar-refractivity contribution in [2.75, 3.05) is 0 Å². The Morgan fingerprint density at radius 2 is 1.67 bits per heavy atom. The first-order valence-electron chi connectivity index (χ1n) is 9.19. The van der Waals surface area contributed by atoms with E-state index in [0.29, 0.717) is 13.0 Å². The first-order chi connectivity index (χ1) is 12.8. The monoisotopic (exact) mass is 366 g/mol. The van der Waals surface area contributed by atoms with Gasteiger partial charge in [0.05, 0.1) is 6.54 Å². The fourth-order valence-electron chi connectivity index (χ4n) is 3.20. The van der Waals surface area contributed by atoms with Crippen LogP contribution < -0.4 is 5.32 Å². The third-order valence-electron chi connectivity index (χ3n) is 4.49. The molecular weight excluding hydrogens is 340 g/mol. The Hall–Kier alpha value is -2.82. The highest BCUT2D eigenvalue weighted by atomic mass is 16.6. The Kier molecular flexibility index (Phi) is 5.49. The molecular formula is C22H26N2O3. The van der Waals surface area contributed by atoms with Crippen LogP contribution in [-0.2, 0) is 29.1 Å².